The van der Waals surface area contributed by atoms with Crippen LogP contribution in [0.25, 0.3) is 33.5 Å². The van der Waals surface area contributed by atoms with Gasteiger partial charge in [-0.05, 0) is 12.1 Å². The molecule has 0 amide bonds. The summed E-state index contributed by atoms with van der Waals surface area (Å²) in [5.74, 6) is 1.16. The number of fused-ring (bicyclic) bond motifs is 3. The number of hydrogen-bond donors (Lipinski definition) is 2. The quantitative estimate of drug-likeness (QED) is 0.530. The van der Waals surface area contributed by atoms with Gasteiger partial charge in [0.2, 0.25) is 0 Å². The van der Waals surface area contributed by atoms with Crippen molar-refractivity contribution in [1.82, 2.24) is 9.97 Å². The number of aliphatic hydroxyl groups is 2. The summed E-state index contributed by atoms with van der Waals surface area (Å²) in [5, 5.41) is 19.8. The predicted molar refractivity (Wildman–Crippen MR) is 108 cm³/mol. The Morgan fingerprint density at radius 3 is 2.22 bits per heavy atom. The maximum atomic E-state index is 9.43. The van der Waals surface area contributed by atoms with Gasteiger partial charge in [-0.25, -0.2) is 9.97 Å². The van der Waals surface area contributed by atoms with Crippen LogP contribution in [-0.2, 0) is 0 Å². The molecule has 2 heterocycles. The molecule has 4 rings (SSSR count). The van der Waals surface area contributed by atoms with Gasteiger partial charge in [0.25, 0.3) is 0 Å². The van der Waals surface area contributed by atoms with Crippen LogP contribution < -0.4 is 4.90 Å². The molecule has 7 heteroatoms. The third kappa shape index (κ3) is 3.60. The number of halogens is 1. The van der Waals surface area contributed by atoms with Crippen LogP contribution in [-0.4, -0.2) is 46.5 Å². The van der Waals surface area contributed by atoms with Gasteiger partial charge in [0.15, 0.2) is 17.2 Å². The van der Waals surface area contributed by atoms with Gasteiger partial charge in [0, 0.05) is 24.0 Å². The molecule has 0 bridgehead atoms. The number of aromatic nitrogens is 2. The minimum atomic E-state index is -0.0492. The van der Waals surface area contributed by atoms with E-state index in [1.165, 1.54) is 0 Å². The number of hydrogen-bond acceptors (Lipinski definition) is 6. The minimum absolute atomic E-state index is 0. The van der Waals surface area contributed by atoms with E-state index in [9.17, 15) is 10.2 Å². The van der Waals surface area contributed by atoms with Crippen LogP contribution in [0.15, 0.2) is 59.0 Å². The monoisotopic (exact) mass is 385 g/mol. The van der Waals surface area contributed by atoms with E-state index >= 15 is 0 Å². The fraction of sp³-hybridized carbons (Fsp3) is 0.200. The zero-order chi connectivity index (χ0) is 17.9. The average molecular weight is 386 g/mol. The van der Waals surface area contributed by atoms with E-state index in [1.54, 1.807) is 0 Å². The van der Waals surface area contributed by atoms with Gasteiger partial charge in [-0.2, -0.15) is 0 Å². The van der Waals surface area contributed by atoms with Gasteiger partial charge in [-0.15, -0.1) is 12.4 Å². The molecule has 0 aliphatic carbocycles. The minimum Gasteiger partial charge on any atom is -0.450 e. The van der Waals surface area contributed by atoms with Gasteiger partial charge in [0.1, 0.15) is 11.1 Å². The Hall–Kier alpha value is -2.67. The van der Waals surface area contributed by atoms with Crippen LogP contribution in [0.1, 0.15) is 0 Å². The summed E-state index contributed by atoms with van der Waals surface area (Å²) in [5.41, 5.74) is 2.92. The summed E-state index contributed by atoms with van der Waals surface area (Å²) in [7, 11) is 0. The first-order valence-electron chi connectivity index (χ1n) is 8.53. The molecular formula is C20H20ClN3O3. The third-order valence-electron chi connectivity index (χ3n) is 4.27. The van der Waals surface area contributed by atoms with Gasteiger partial charge in [0.05, 0.1) is 13.2 Å². The summed E-state index contributed by atoms with van der Waals surface area (Å²) < 4.78 is 6.02. The molecule has 140 valence electrons. The molecule has 27 heavy (non-hydrogen) atoms. The highest BCUT2D eigenvalue weighted by molar-refractivity contribution is 6.06. The molecule has 0 unspecified atom stereocenters. The smallest absolute Gasteiger partial charge is 0.196 e. The Bertz CT molecular complexity index is 1030. The van der Waals surface area contributed by atoms with Gasteiger partial charge in [-0.3, -0.25) is 0 Å². The first-order valence-corrected chi connectivity index (χ1v) is 8.53. The highest BCUT2D eigenvalue weighted by atomic mass is 35.5. The summed E-state index contributed by atoms with van der Waals surface area (Å²) in [6.07, 6.45) is 0. The topological polar surface area (TPSA) is 82.6 Å². The fourth-order valence-electron chi connectivity index (χ4n) is 3.07. The fourth-order valence-corrected chi connectivity index (χ4v) is 3.07. The van der Waals surface area contributed by atoms with Crippen LogP contribution >= 0.6 is 12.4 Å². The zero-order valence-electron chi connectivity index (χ0n) is 14.6. The highest BCUT2D eigenvalue weighted by Gasteiger charge is 2.20. The summed E-state index contributed by atoms with van der Waals surface area (Å²) in [4.78, 5) is 11.3. The van der Waals surface area contributed by atoms with Crippen molar-refractivity contribution in [3.05, 3.63) is 54.6 Å². The Balaban J connectivity index is 0.00000210. The second-order valence-electron chi connectivity index (χ2n) is 5.95. The van der Waals surface area contributed by atoms with E-state index in [4.69, 9.17) is 14.4 Å². The van der Waals surface area contributed by atoms with E-state index in [-0.39, 0.29) is 25.6 Å². The second-order valence-corrected chi connectivity index (χ2v) is 5.95. The number of anilines is 1. The van der Waals surface area contributed by atoms with Crippen LogP contribution in [0.5, 0.6) is 0 Å². The van der Waals surface area contributed by atoms with Gasteiger partial charge in [-0.1, -0.05) is 42.5 Å². The van der Waals surface area contributed by atoms with Crippen molar-refractivity contribution in [1.29, 1.82) is 0 Å². The molecule has 0 aliphatic heterocycles. The Morgan fingerprint density at radius 1 is 0.852 bits per heavy atom. The molecule has 0 fully saturated rings. The van der Waals surface area contributed by atoms with Crippen molar-refractivity contribution in [2.75, 3.05) is 31.2 Å². The molecule has 0 radical (unpaired) electrons. The number of aliphatic hydroxyl groups excluding tert-OH is 2. The van der Waals surface area contributed by atoms with Crippen LogP contribution in [0.2, 0.25) is 0 Å². The molecule has 0 aliphatic rings. The average Bonchev–Trinajstić information content (AvgIpc) is 3.06. The van der Waals surface area contributed by atoms with Crippen molar-refractivity contribution in [3.8, 4) is 11.4 Å². The Labute approximate surface area is 162 Å². The van der Waals surface area contributed by atoms with Crippen molar-refractivity contribution >= 4 is 40.3 Å². The van der Waals surface area contributed by atoms with Crippen molar-refractivity contribution in [2.24, 2.45) is 0 Å². The Kier molecular flexibility index (Phi) is 5.91. The number of para-hydroxylation sites is 1. The van der Waals surface area contributed by atoms with E-state index in [2.05, 4.69) is 0 Å². The number of benzene rings is 2. The first-order chi connectivity index (χ1) is 12.8. The maximum Gasteiger partial charge on any atom is 0.196 e. The predicted octanol–water partition coefficient (Wildman–Crippen LogP) is 3.26. The first kappa shape index (κ1) is 19.1. The number of nitrogens with zero attached hydrogens (tertiary/aromatic N) is 3. The van der Waals surface area contributed by atoms with Gasteiger partial charge >= 0.3 is 0 Å². The largest absolute Gasteiger partial charge is 0.450 e. The summed E-state index contributed by atoms with van der Waals surface area (Å²) in [6, 6.07) is 17.5. The molecule has 0 spiro atoms. The third-order valence-corrected chi connectivity index (χ3v) is 4.27. The molecule has 6 nitrogen and oxygen atoms in total. The number of furan rings is 1. The maximum absolute atomic E-state index is 9.43. The SMILES string of the molecule is Cl.OCCN(CCO)c1nc(-c2ccccc2)nc2c1oc1ccccc12. The molecule has 2 aromatic carbocycles. The van der Waals surface area contributed by atoms with Gasteiger partial charge < -0.3 is 19.5 Å². The summed E-state index contributed by atoms with van der Waals surface area (Å²) in [6.45, 7) is 0.592. The van der Waals surface area contributed by atoms with E-state index in [0.717, 1.165) is 22.0 Å². The lowest BCUT2D eigenvalue weighted by Gasteiger charge is -2.22. The molecule has 0 atom stereocenters. The van der Waals surface area contributed by atoms with Crippen LogP contribution in [0, 0.1) is 0 Å². The normalized spacial score (nSPS) is 10.9. The molecule has 0 saturated carbocycles. The van der Waals surface area contributed by atoms with Crippen molar-refractivity contribution < 1.29 is 14.6 Å². The van der Waals surface area contributed by atoms with Crippen molar-refractivity contribution in [2.45, 2.75) is 0 Å². The lowest BCUT2D eigenvalue weighted by molar-refractivity contribution is 0.280. The van der Waals surface area contributed by atoms with Crippen LogP contribution in [0.3, 0.4) is 0 Å². The molecule has 2 aromatic heterocycles. The van der Waals surface area contributed by atoms with Crippen LogP contribution in [0.4, 0.5) is 5.82 Å². The van der Waals surface area contributed by atoms with E-state index < -0.39 is 0 Å². The Morgan fingerprint density at radius 2 is 1.52 bits per heavy atom. The molecular weight excluding hydrogens is 366 g/mol. The molecule has 4 aromatic rings. The standard InChI is InChI=1S/C20H19N3O3.ClH/c24-12-10-23(11-13-25)20-18-17(15-8-4-5-9-16(15)26-18)21-19(22-20)14-6-2-1-3-7-14;/h1-9,24-25H,10-13H2;1H. The van der Waals surface area contributed by atoms with E-state index in [1.807, 2.05) is 59.5 Å². The lowest BCUT2D eigenvalue weighted by atomic mass is 10.2. The van der Waals surface area contributed by atoms with E-state index in [0.29, 0.717) is 30.3 Å². The second kappa shape index (κ2) is 8.35. The highest BCUT2D eigenvalue weighted by Crippen LogP contribution is 2.34. The van der Waals surface area contributed by atoms with Crippen molar-refractivity contribution in [3.63, 3.8) is 0 Å². The zero-order valence-corrected chi connectivity index (χ0v) is 15.4. The molecule has 2 N–H and O–H groups in total. The summed E-state index contributed by atoms with van der Waals surface area (Å²) >= 11 is 0. The molecule has 0 saturated heterocycles. The number of rotatable bonds is 6. The lowest BCUT2D eigenvalue weighted by Crippen LogP contribution is -2.30.